The molecule has 6 heteroatoms. The molecular weight excluding hydrogens is 302 g/mol. The zero-order chi connectivity index (χ0) is 15.8. The summed E-state index contributed by atoms with van der Waals surface area (Å²) in [6.07, 6.45) is 4.48. The van der Waals surface area contributed by atoms with Crippen molar-refractivity contribution in [2.75, 3.05) is 6.61 Å². The second-order valence-electron chi connectivity index (χ2n) is 6.40. The van der Waals surface area contributed by atoms with E-state index in [0.717, 1.165) is 12.0 Å². The zero-order valence-electron chi connectivity index (χ0n) is 12.7. The molecule has 0 spiro atoms. The van der Waals surface area contributed by atoms with Crippen LogP contribution >= 0.6 is 11.6 Å². The zero-order valence-corrected chi connectivity index (χ0v) is 13.5. The number of benzene rings is 1. The summed E-state index contributed by atoms with van der Waals surface area (Å²) >= 11 is 5.95. The summed E-state index contributed by atoms with van der Waals surface area (Å²) < 4.78 is 7.46. The van der Waals surface area contributed by atoms with Crippen molar-refractivity contribution in [1.82, 2.24) is 14.8 Å². The van der Waals surface area contributed by atoms with Crippen LogP contribution in [0.15, 0.2) is 36.9 Å². The summed E-state index contributed by atoms with van der Waals surface area (Å²) in [6, 6.07) is 7.25. The first-order valence-corrected chi connectivity index (χ1v) is 7.75. The van der Waals surface area contributed by atoms with Crippen LogP contribution in [0, 0.1) is 5.41 Å². The maximum Gasteiger partial charge on any atom is 0.193 e. The third-order valence-corrected chi connectivity index (χ3v) is 4.82. The molecule has 5 nitrogen and oxygen atoms in total. The summed E-state index contributed by atoms with van der Waals surface area (Å²) in [5.74, 6) is -1.29. The number of aliphatic hydroxyl groups is 1. The smallest absolute Gasteiger partial charge is 0.193 e. The van der Waals surface area contributed by atoms with Crippen LogP contribution in [0.2, 0.25) is 5.02 Å². The molecule has 2 aromatic rings. The number of ether oxygens (including phenoxy) is 1. The third-order valence-electron chi connectivity index (χ3n) is 4.57. The Balaban J connectivity index is 1.96. The SMILES string of the molecule is CC1(C)CCOC1(O)C(Cc1ccc(Cl)cc1)n1cncn1. The molecule has 1 aromatic carbocycles. The van der Waals surface area contributed by atoms with E-state index in [1.54, 1.807) is 11.0 Å². The van der Waals surface area contributed by atoms with Crippen LogP contribution in [0.3, 0.4) is 0 Å². The van der Waals surface area contributed by atoms with Gasteiger partial charge in [0.25, 0.3) is 0 Å². The van der Waals surface area contributed by atoms with Gasteiger partial charge in [-0.05, 0) is 24.1 Å². The molecular formula is C16H20ClN3O2. The fourth-order valence-electron chi connectivity index (χ4n) is 3.02. The van der Waals surface area contributed by atoms with Gasteiger partial charge in [0, 0.05) is 16.9 Å². The highest BCUT2D eigenvalue weighted by Gasteiger charge is 2.55. The minimum Gasteiger partial charge on any atom is -0.363 e. The van der Waals surface area contributed by atoms with E-state index < -0.39 is 5.79 Å². The summed E-state index contributed by atoms with van der Waals surface area (Å²) in [5.41, 5.74) is 0.695. The van der Waals surface area contributed by atoms with Crippen molar-refractivity contribution in [2.24, 2.45) is 5.41 Å². The van der Waals surface area contributed by atoms with Gasteiger partial charge in [0.1, 0.15) is 18.7 Å². The van der Waals surface area contributed by atoms with Crippen LogP contribution in [0.5, 0.6) is 0 Å². The lowest BCUT2D eigenvalue weighted by Gasteiger charge is -2.41. The van der Waals surface area contributed by atoms with Crippen molar-refractivity contribution in [2.45, 2.75) is 38.5 Å². The molecule has 1 N–H and O–H groups in total. The van der Waals surface area contributed by atoms with Crippen molar-refractivity contribution in [1.29, 1.82) is 0 Å². The Labute approximate surface area is 134 Å². The first-order valence-electron chi connectivity index (χ1n) is 7.37. The standard InChI is InChI=1S/C16H20ClN3O2/c1-15(2)7-8-22-16(15,21)14(20-11-18-10-19-20)9-12-3-5-13(17)6-4-12/h3-6,10-11,14,21H,7-9H2,1-2H3. The average molecular weight is 322 g/mol. The quantitative estimate of drug-likeness (QED) is 0.940. The lowest BCUT2D eigenvalue weighted by Crippen LogP contribution is -2.50. The first kappa shape index (κ1) is 15.5. The van der Waals surface area contributed by atoms with Crippen molar-refractivity contribution in [3.8, 4) is 0 Å². The number of rotatable bonds is 4. The maximum absolute atomic E-state index is 11.2. The summed E-state index contributed by atoms with van der Waals surface area (Å²) in [7, 11) is 0. The van der Waals surface area contributed by atoms with Crippen molar-refractivity contribution in [3.63, 3.8) is 0 Å². The lowest BCUT2D eigenvalue weighted by atomic mass is 9.77. The van der Waals surface area contributed by atoms with E-state index in [-0.39, 0.29) is 11.5 Å². The highest BCUT2D eigenvalue weighted by Crippen LogP contribution is 2.48. The summed E-state index contributed by atoms with van der Waals surface area (Å²) in [6.45, 7) is 4.58. The van der Waals surface area contributed by atoms with Gasteiger partial charge in [-0.1, -0.05) is 37.6 Å². The van der Waals surface area contributed by atoms with Gasteiger partial charge in [-0.15, -0.1) is 0 Å². The summed E-state index contributed by atoms with van der Waals surface area (Å²) in [5, 5.41) is 16.1. The Hall–Kier alpha value is -1.43. The normalized spacial score (nSPS) is 25.3. The van der Waals surface area contributed by atoms with Crippen LogP contribution in [-0.2, 0) is 11.2 Å². The van der Waals surface area contributed by atoms with E-state index in [1.165, 1.54) is 6.33 Å². The van der Waals surface area contributed by atoms with E-state index in [2.05, 4.69) is 10.1 Å². The number of aromatic nitrogens is 3. The molecule has 118 valence electrons. The van der Waals surface area contributed by atoms with Gasteiger partial charge >= 0.3 is 0 Å². The number of hydrogen-bond acceptors (Lipinski definition) is 4. The van der Waals surface area contributed by atoms with Crippen LogP contribution < -0.4 is 0 Å². The maximum atomic E-state index is 11.2. The van der Waals surface area contributed by atoms with E-state index in [9.17, 15) is 5.11 Å². The topological polar surface area (TPSA) is 60.2 Å². The molecule has 1 fully saturated rings. The highest BCUT2D eigenvalue weighted by molar-refractivity contribution is 6.30. The van der Waals surface area contributed by atoms with E-state index in [4.69, 9.17) is 16.3 Å². The fraction of sp³-hybridized carbons (Fsp3) is 0.500. The average Bonchev–Trinajstić information content (AvgIpc) is 3.08. The number of hydrogen-bond donors (Lipinski definition) is 1. The monoisotopic (exact) mass is 321 g/mol. The molecule has 1 aliphatic rings. The minimum atomic E-state index is -1.29. The van der Waals surface area contributed by atoms with Crippen molar-refractivity contribution >= 4 is 11.6 Å². The third kappa shape index (κ3) is 2.64. The Kier molecular flexibility index (Phi) is 3.97. The molecule has 0 amide bonds. The van der Waals surface area contributed by atoms with Gasteiger partial charge in [0.05, 0.1) is 6.61 Å². The molecule has 1 aromatic heterocycles. The van der Waals surface area contributed by atoms with Crippen LogP contribution in [0.1, 0.15) is 31.9 Å². The van der Waals surface area contributed by atoms with Crippen LogP contribution in [0.4, 0.5) is 0 Å². The van der Waals surface area contributed by atoms with E-state index in [1.807, 2.05) is 38.1 Å². The molecule has 2 unspecified atom stereocenters. The van der Waals surface area contributed by atoms with Gasteiger partial charge < -0.3 is 9.84 Å². The molecule has 0 aliphatic carbocycles. The van der Waals surface area contributed by atoms with Gasteiger partial charge in [0.15, 0.2) is 5.79 Å². The Morgan fingerprint density at radius 1 is 1.36 bits per heavy atom. The molecule has 0 saturated carbocycles. The largest absolute Gasteiger partial charge is 0.363 e. The van der Waals surface area contributed by atoms with Gasteiger partial charge in [-0.3, -0.25) is 0 Å². The van der Waals surface area contributed by atoms with Gasteiger partial charge in [-0.25, -0.2) is 9.67 Å². The number of halogens is 1. The molecule has 0 radical (unpaired) electrons. The first-order chi connectivity index (χ1) is 10.4. The minimum absolute atomic E-state index is 0.353. The molecule has 1 saturated heterocycles. The second-order valence-corrected chi connectivity index (χ2v) is 6.84. The van der Waals surface area contributed by atoms with Crippen molar-refractivity contribution < 1.29 is 9.84 Å². The highest BCUT2D eigenvalue weighted by atomic mass is 35.5. The Morgan fingerprint density at radius 2 is 2.09 bits per heavy atom. The molecule has 3 rings (SSSR count). The van der Waals surface area contributed by atoms with Crippen LogP contribution in [0.25, 0.3) is 0 Å². The second kappa shape index (κ2) is 5.65. The Bertz CT molecular complexity index is 627. The molecule has 1 aliphatic heterocycles. The van der Waals surface area contributed by atoms with E-state index in [0.29, 0.717) is 18.1 Å². The summed E-state index contributed by atoms with van der Waals surface area (Å²) in [4.78, 5) is 4.01. The predicted octanol–water partition coefficient (Wildman–Crippen LogP) is 2.85. The molecule has 2 heterocycles. The van der Waals surface area contributed by atoms with Crippen molar-refractivity contribution in [3.05, 3.63) is 47.5 Å². The molecule has 2 atom stereocenters. The van der Waals surface area contributed by atoms with Gasteiger partial charge in [-0.2, -0.15) is 5.10 Å². The molecule has 0 bridgehead atoms. The van der Waals surface area contributed by atoms with Crippen LogP contribution in [-0.4, -0.2) is 32.3 Å². The Morgan fingerprint density at radius 3 is 2.64 bits per heavy atom. The predicted molar refractivity (Wildman–Crippen MR) is 83.5 cm³/mol. The fourth-order valence-corrected chi connectivity index (χ4v) is 3.14. The van der Waals surface area contributed by atoms with Gasteiger partial charge in [0.2, 0.25) is 0 Å². The number of nitrogens with zero attached hydrogens (tertiary/aromatic N) is 3. The lowest BCUT2D eigenvalue weighted by molar-refractivity contribution is -0.249. The van der Waals surface area contributed by atoms with E-state index >= 15 is 0 Å². The molecule has 22 heavy (non-hydrogen) atoms.